The summed E-state index contributed by atoms with van der Waals surface area (Å²) in [7, 11) is 0. The summed E-state index contributed by atoms with van der Waals surface area (Å²) >= 11 is 0. The van der Waals surface area contributed by atoms with Gasteiger partial charge in [0.25, 0.3) is 0 Å². The lowest BCUT2D eigenvalue weighted by Crippen LogP contribution is -2.43. The molecule has 3 nitrogen and oxygen atoms in total. The number of Topliss-reactive ketones (excluding diaryl/α,β-unsaturated/α-hetero) is 1. The van der Waals surface area contributed by atoms with Crippen molar-refractivity contribution in [3.05, 3.63) is 52.8 Å². The van der Waals surface area contributed by atoms with Gasteiger partial charge in [0.05, 0.1) is 5.69 Å². The topological polar surface area (TPSA) is 45.8 Å². The number of carbonyl (C=O) groups excluding carboxylic acids is 1. The number of hydrogen-bond donors (Lipinski definition) is 1. The van der Waals surface area contributed by atoms with Crippen molar-refractivity contribution in [1.29, 1.82) is 0 Å². The van der Waals surface area contributed by atoms with Crippen LogP contribution in [-0.4, -0.2) is 16.0 Å². The van der Waals surface area contributed by atoms with Crippen LogP contribution in [0.15, 0.2) is 30.3 Å². The standard InChI is InChI=1S/C20H24N2O/c1-14-18-9-5-8-16-12-17(23)10-11-20(16,19(18)22-21-14)13-15-6-3-2-4-7-15/h2-4,6-7,16H,5,8-13H2,1H3,(H,21,22)/t16-,20-/m1/s1. The maximum Gasteiger partial charge on any atom is 0.133 e. The van der Waals surface area contributed by atoms with E-state index in [0.717, 1.165) is 32.1 Å². The summed E-state index contributed by atoms with van der Waals surface area (Å²) in [5.41, 5.74) is 5.28. The Bertz CT molecular complexity index is 718. The molecule has 0 saturated heterocycles. The Balaban J connectivity index is 1.83. The molecule has 1 fully saturated rings. The molecule has 1 aromatic heterocycles. The molecule has 0 amide bonds. The first kappa shape index (κ1) is 14.7. The minimum Gasteiger partial charge on any atom is -0.300 e. The van der Waals surface area contributed by atoms with E-state index in [-0.39, 0.29) is 5.41 Å². The fourth-order valence-electron chi connectivity index (χ4n) is 4.80. The van der Waals surface area contributed by atoms with E-state index >= 15 is 0 Å². The quantitative estimate of drug-likeness (QED) is 0.914. The lowest BCUT2D eigenvalue weighted by molar-refractivity contribution is -0.123. The average molecular weight is 308 g/mol. The van der Waals surface area contributed by atoms with E-state index in [0.29, 0.717) is 18.1 Å². The third-order valence-corrected chi connectivity index (χ3v) is 5.99. The van der Waals surface area contributed by atoms with Gasteiger partial charge in [0.2, 0.25) is 0 Å². The number of aromatic nitrogens is 2. The van der Waals surface area contributed by atoms with Crippen molar-refractivity contribution in [1.82, 2.24) is 10.2 Å². The first-order valence-corrected chi connectivity index (χ1v) is 8.79. The van der Waals surface area contributed by atoms with E-state index in [2.05, 4.69) is 42.4 Å². The molecule has 0 aliphatic heterocycles. The fraction of sp³-hybridized carbons (Fsp3) is 0.500. The van der Waals surface area contributed by atoms with Crippen LogP contribution in [0.4, 0.5) is 0 Å². The first-order chi connectivity index (χ1) is 11.2. The molecule has 0 spiro atoms. The number of H-pyrrole nitrogens is 1. The summed E-state index contributed by atoms with van der Waals surface area (Å²) in [6.45, 7) is 2.14. The van der Waals surface area contributed by atoms with Gasteiger partial charge in [0, 0.05) is 24.0 Å². The largest absolute Gasteiger partial charge is 0.300 e. The van der Waals surface area contributed by atoms with Crippen LogP contribution in [0.5, 0.6) is 0 Å². The number of nitrogens with zero attached hydrogens (tertiary/aromatic N) is 1. The summed E-state index contributed by atoms with van der Waals surface area (Å²) in [5, 5.41) is 7.98. The predicted molar refractivity (Wildman–Crippen MR) is 90.4 cm³/mol. The molecular weight excluding hydrogens is 284 g/mol. The van der Waals surface area contributed by atoms with Gasteiger partial charge in [0.15, 0.2) is 0 Å². The van der Waals surface area contributed by atoms with Crippen LogP contribution in [0.25, 0.3) is 0 Å². The number of fused-ring (bicyclic) bond motifs is 3. The van der Waals surface area contributed by atoms with Crippen molar-refractivity contribution in [2.24, 2.45) is 5.92 Å². The Morgan fingerprint density at radius 3 is 2.91 bits per heavy atom. The van der Waals surface area contributed by atoms with Gasteiger partial charge >= 0.3 is 0 Å². The first-order valence-electron chi connectivity index (χ1n) is 8.79. The molecule has 0 unspecified atom stereocenters. The van der Waals surface area contributed by atoms with E-state index in [9.17, 15) is 4.79 Å². The van der Waals surface area contributed by atoms with E-state index in [1.165, 1.54) is 28.9 Å². The highest BCUT2D eigenvalue weighted by Crippen LogP contribution is 2.49. The maximum atomic E-state index is 12.1. The Morgan fingerprint density at radius 1 is 1.26 bits per heavy atom. The van der Waals surface area contributed by atoms with Gasteiger partial charge in [-0.2, -0.15) is 5.10 Å². The molecule has 1 N–H and O–H groups in total. The Hall–Kier alpha value is -1.90. The smallest absolute Gasteiger partial charge is 0.133 e. The fourth-order valence-corrected chi connectivity index (χ4v) is 4.80. The molecule has 2 aromatic rings. The second-order valence-corrected chi connectivity index (χ2v) is 7.33. The van der Waals surface area contributed by atoms with Gasteiger partial charge < -0.3 is 0 Å². The van der Waals surface area contributed by atoms with Crippen molar-refractivity contribution in [3.8, 4) is 0 Å². The lowest BCUT2D eigenvalue weighted by Gasteiger charge is -2.42. The third kappa shape index (κ3) is 2.43. The highest BCUT2D eigenvalue weighted by molar-refractivity contribution is 5.80. The van der Waals surface area contributed by atoms with Crippen molar-refractivity contribution >= 4 is 5.78 Å². The summed E-state index contributed by atoms with van der Waals surface area (Å²) in [6, 6.07) is 10.7. The van der Waals surface area contributed by atoms with E-state index in [4.69, 9.17) is 5.10 Å². The van der Waals surface area contributed by atoms with Gasteiger partial charge in [-0.1, -0.05) is 30.3 Å². The Labute approximate surface area is 137 Å². The number of nitrogens with one attached hydrogen (secondary N) is 1. The zero-order valence-electron chi connectivity index (χ0n) is 13.8. The number of rotatable bonds is 2. The van der Waals surface area contributed by atoms with Crippen molar-refractivity contribution in [3.63, 3.8) is 0 Å². The number of ketones is 1. The van der Waals surface area contributed by atoms with Crippen LogP contribution in [0, 0.1) is 12.8 Å². The summed E-state index contributed by atoms with van der Waals surface area (Å²) in [6.07, 6.45) is 6.80. The molecule has 0 radical (unpaired) electrons. The minimum absolute atomic E-state index is 0.0336. The lowest BCUT2D eigenvalue weighted by atomic mass is 9.60. The molecule has 2 aliphatic rings. The number of carbonyl (C=O) groups is 1. The number of aryl methyl sites for hydroxylation is 1. The summed E-state index contributed by atoms with van der Waals surface area (Å²) < 4.78 is 0. The zero-order chi connectivity index (χ0) is 15.9. The molecular formula is C20H24N2O. The molecule has 1 saturated carbocycles. The molecule has 1 aromatic carbocycles. The maximum absolute atomic E-state index is 12.1. The summed E-state index contributed by atoms with van der Waals surface area (Å²) in [4.78, 5) is 12.1. The Morgan fingerprint density at radius 2 is 2.09 bits per heavy atom. The molecule has 0 bridgehead atoms. The minimum atomic E-state index is 0.0336. The number of benzene rings is 1. The van der Waals surface area contributed by atoms with Crippen LogP contribution >= 0.6 is 0 Å². The molecule has 1 heterocycles. The van der Waals surface area contributed by atoms with Gasteiger partial charge in [0.1, 0.15) is 5.78 Å². The van der Waals surface area contributed by atoms with Crippen LogP contribution in [-0.2, 0) is 23.1 Å². The second-order valence-electron chi connectivity index (χ2n) is 7.33. The molecule has 2 atom stereocenters. The highest BCUT2D eigenvalue weighted by Gasteiger charge is 2.48. The molecule has 2 aliphatic carbocycles. The monoisotopic (exact) mass is 308 g/mol. The molecule has 3 heteroatoms. The normalized spacial score (nSPS) is 27.2. The third-order valence-electron chi connectivity index (χ3n) is 5.99. The molecule has 23 heavy (non-hydrogen) atoms. The van der Waals surface area contributed by atoms with Crippen molar-refractivity contribution < 1.29 is 4.79 Å². The summed E-state index contributed by atoms with van der Waals surface area (Å²) in [5.74, 6) is 0.877. The van der Waals surface area contributed by atoms with Gasteiger partial charge in [-0.15, -0.1) is 0 Å². The van der Waals surface area contributed by atoms with Gasteiger partial charge in [-0.05, 0) is 56.1 Å². The van der Waals surface area contributed by atoms with Crippen LogP contribution in [0.3, 0.4) is 0 Å². The average Bonchev–Trinajstić information content (AvgIpc) is 2.85. The van der Waals surface area contributed by atoms with E-state index in [1.807, 2.05) is 0 Å². The predicted octanol–water partition coefficient (Wildman–Crippen LogP) is 3.90. The van der Waals surface area contributed by atoms with Crippen molar-refractivity contribution in [2.75, 3.05) is 0 Å². The van der Waals surface area contributed by atoms with Crippen LogP contribution in [0.2, 0.25) is 0 Å². The SMILES string of the molecule is Cc1[nH]nc2c1CCC[C@@H]1CC(=O)CC[C@]21Cc1ccccc1. The molecule has 4 rings (SSSR count). The van der Waals surface area contributed by atoms with Crippen molar-refractivity contribution in [2.45, 2.75) is 57.3 Å². The van der Waals surface area contributed by atoms with E-state index < -0.39 is 0 Å². The Kier molecular flexibility index (Phi) is 3.59. The number of hydrogen-bond acceptors (Lipinski definition) is 2. The van der Waals surface area contributed by atoms with E-state index in [1.54, 1.807) is 0 Å². The van der Waals surface area contributed by atoms with Crippen LogP contribution in [0.1, 0.15) is 54.6 Å². The van der Waals surface area contributed by atoms with Gasteiger partial charge in [-0.25, -0.2) is 0 Å². The van der Waals surface area contributed by atoms with Crippen LogP contribution < -0.4 is 0 Å². The second kappa shape index (κ2) is 5.63. The highest BCUT2D eigenvalue weighted by atomic mass is 16.1. The number of aromatic amines is 1. The van der Waals surface area contributed by atoms with Gasteiger partial charge in [-0.3, -0.25) is 9.89 Å². The molecule has 120 valence electrons. The zero-order valence-corrected chi connectivity index (χ0v) is 13.8.